The number of ether oxygens (including phenoxy) is 1. The highest BCUT2D eigenvalue weighted by Crippen LogP contribution is 2.25. The average molecular weight is 279 g/mol. The van der Waals surface area contributed by atoms with Crippen molar-refractivity contribution in [2.24, 2.45) is 0 Å². The van der Waals surface area contributed by atoms with Crippen LogP contribution in [0.2, 0.25) is 0 Å². The predicted molar refractivity (Wildman–Crippen MR) is 82.4 cm³/mol. The lowest BCUT2D eigenvalue weighted by Gasteiger charge is -2.13. The zero-order chi connectivity index (χ0) is 14.5. The molecule has 1 heterocycles. The molecule has 0 fully saturated rings. The molecule has 0 unspecified atom stereocenters. The number of hydrogen-bond donors (Lipinski definition) is 0. The summed E-state index contributed by atoms with van der Waals surface area (Å²) in [7, 11) is 0. The monoisotopic (exact) mass is 279 g/mol. The minimum absolute atomic E-state index is 0.287. The van der Waals surface area contributed by atoms with Crippen LogP contribution in [0, 0.1) is 0 Å². The van der Waals surface area contributed by atoms with Gasteiger partial charge in [-0.3, -0.25) is 4.90 Å². The van der Waals surface area contributed by atoms with Crippen molar-refractivity contribution in [1.82, 2.24) is 4.90 Å². The van der Waals surface area contributed by atoms with Crippen LogP contribution < -0.4 is 0 Å². The van der Waals surface area contributed by atoms with Crippen LogP contribution in [0.3, 0.4) is 0 Å². The summed E-state index contributed by atoms with van der Waals surface area (Å²) in [6.07, 6.45) is 2.47. The van der Waals surface area contributed by atoms with Crippen LogP contribution in [-0.4, -0.2) is 17.5 Å². The standard InChI is InChI=1S/C18H17NO2/c20-18(21-14-15-7-3-1-4-8-15)19-12-11-17(13-19)16-9-5-2-6-10-16/h1-10,13H,11-12,14H2. The van der Waals surface area contributed by atoms with E-state index in [1.165, 1.54) is 5.57 Å². The molecule has 106 valence electrons. The van der Waals surface area contributed by atoms with Gasteiger partial charge in [-0.2, -0.15) is 0 Å². The molecule has 0 atom stereocenters. The van der Waals surface area contributed by atoms with Crippen molar-refractivity contribution in [3.05, 3.63) is 78.0 Å². The molecule has 1 amide bonds. The Morgan fingerprint density at radius 1 is 1.00 bits per heavy atom. The molecular weight excluding hydrogens is 262 g/mol. The van der Waals surface area contributed by atoms with Gasteiger partial charge in [-0.25, -0.2) is 4.79 Å². The van der Waals surface area contributed by atoms with Gasteiger partial charge in [0.15, 0.2) is 0 Å². The van der Waals surface area contributed by atoms with E-state index < -0.39 is 0 Å². The predicted octanol–water partition coefficient (Wildman–Crippen LogP) is 4.07. The van der Waals surface area contributed by atoms with Crippen molar-refractivity contribution < 1.29 is 9.53 Å². The minimum atomic E-state index is -0.287. The molecule has 0 spiro atoms. The lowest BCUT2D eigenvalue weighted by atomic mass is 10.1. The SMILES string of the molecule is O=C(OCc1ccccc1)N1C=C(c2ccccc2)CC1. The fourth-order valence-electron chi connectivity index (χ4n) is 2.38. The Kier molecular flexibility index (Phi) is 4.01. The van der Waals surface area contributed by atoms with Crippen LogP contribution in [0.1, 0.15) is 17.5 Å². The molecule has 3 rings (SSSR count). The third-order valence-electron chi connectivity index (χ3n) is 3.52. The highest BCUT2D eigenvalue weighted by atomic mass is 16.6. The molecule has 1 aliphatic rings. The Labute approximate surface area is 124 Å². The maximum atomic E-state index is 12.1. The Bertz CT molecular complexity index is 635. The number of nitrogens with zero attached hydrogens (tertiary/aromatic N) is 1. The molecule has 1 aliphatic heterocycles. The number of carbonyl (C=O) groups excluding carboxylic acids is 1. The quantitative estimate of drug-likeness (QED) is 0.847. The van der Waals surface area contributed by atoms with Gasteiger partial charge < -0.3 is 4.74 Å². The second kappa shape index (κ2) is 6.27. The van der Waals surface area contributed by atoms with Crippen LogP contribution in [0.5, 0.6) is 0 Å². The summed E-state index contributed by atoms with van der Waals surface area (Å²) in [6, 6.07) is 19.8. The Morgan fingerprint density at radius 2 is 1.67 bits per heavy atom. The van der Waals surface area contributed by atoms with Crippen LogP contribution >= 0.6 is 0 Å². The van der Waals surface area contributed by atoms with Gasteiger partial charge in [-0.1, -0.05) is 60.7 Å². The molecule has 21 heavy (non-hydrogen) atoms. The third kappa shape index (κ3) is 3.31. The average Bonchev–Trinajstić information content (AvgIpc) is 3.04. The fraction of sp³-hybridized carbons (Fsp3) is 0.167. The van der Waals surface area contributed by atoms with Gasteiger partial charge in [0.05, 0.1) is 0 Å². The van der Waals surface area contributed by atoms with Gasteiger partial charge in [0.25, 0.3) is 0 Å². The Balaban J connectivity index is 1.60. The highest BCUT2D eigenvalue weighted by molar-refractivity contribution is 5.76. The first-order valence-electron chi connectivity index (χ1n) is 7.06. The lowest BCUT2D eigenvalue weighted by molar-refractivity contribution is 0.113. The van der Waals surface area contributed by atoms with E-state index in [1.54, 1.807) is 4.90 Å². The maximum Gasteiger partial charge on any atom is 0.414 e. The smallest absolute Gasteiger partial charge is 0.414 e. The summed E-state index contributed by atoms with van der Waals surface area (Å²) < 4.78 is 5.34. The summed E-state index contributed by atoms with van der Waals surface area (Å²) in [4.78, 5) is 13.7. The number of amides is 1. The third-order valence-corrected chi connectivity index (χ3v) is 3.52. The molecule has 0 saturated carbocycles. The minimum Gasteiger partial charge on any atom is -0.444 e. The molecule has 3 nitrogen and oxygen atoms in total. The zero-order valence-corrected chi connectivity index (χ0v) is 11.7. The van der Waals surface area contributed by atoms with Gasteiger partial charge in [0.1, 0.15) is 6.61 Å². The highest BCUT2D eigenvalue weighted by Gasteiger charge is 2.20. The normalized spacial score (nSPS) is 13.9. The van der Waals surface area contributed by atoms with Crippen LogP contribution in [0.4, 0.5) is 4.79 Å². The molecule has 0 saturated heterocycles. The van der Waals surface area contributed by atoms with Crippen molar-refractivity contribution in [3.8, 4) is 0 Å². The van der Waals surface area contributed by atoms with Crippen LogP contribution in [0.15, 0.2) is 66.9 Å². The molecule has 0 bridgehead atoms. The van der Waals surface area contributed by atoms with E-state index in [0.717, 1.165) is 17.5 Å². The molecule has 3 heteroatoms. The number of benzene rings is 2. The molecule has 2 aromatic carbocycles. The summed E-state index contributed by atoms with van der Waals surface area (Å²) in [5.41, 5.74) is 3.33. The maximum absolute atomic E-state index is 12.1. The summed E-state index contributed by atoms with van der Waals surface area (Å²) in [5.74, 6) is 0. The topological polar surface area (TPSA) is 29.5 Å². The van der Waals surface area contributed by atoms with Crippen molar-refractivity contribution in [1.29, 1.82) is 0 Å². The van der Waals surface area contributed by atoms with E-state index in [0.29, 0.717) is 13.2 Å². The molecular formula is C18H17NO2. The molecule has 2 aromatic rings. The lowest BCUT2D eigenvalue weighted by Crippen LogP contribution is -2.24. The van der Waals surface area contributed by atoms with Crippen molar-refractivity contribution in [2.75, 3.05) is 6.54 Å². The van der Waals surface area contributed by atoms with E-state index in [1.807, 2.05) is 54.7 Å². The van der Waals surface area contributed by atoms with Gasteiger partial charge in [0, 0.05) is 12.7 Å². The van der Waals surface area contributed by atoms with E-state index in [2.05, 4.69) is 12.1 Å². The molecule has 0 aliphatic carbocycles. The molecule has 0 aromatic heterocycles. The summed E-state index contributed by atoms with van der Waals surface area (Å²) in [6.45, 7) is 0.989. The van der Waals surface area contributed by atoms with Crippen molar-refractivity contribution >= 4 is 11.7 Å². The van der Waals surface area contributed by atoms with Gasteiger partial charge in [-0.05, 0) is 23.1 Å². The Hall–Kier alpha value is -2.55. The second-order valence-electron chi connectivity index (χ2n) is 5.00. The van der Waals surface area contributed by atoms with E-state index >= 15 is 0 Å². The summed E-state index contributed by atoms with van der Waals surface area (Å²) in [5, 5.41) is 0. The van der Waals surface area contributed by atoms with Crippen LogP contribution in [0.25, 0.3) is 5.57 Å². The van der Waals surface area contributed by atoms with E-state index in [9.17, 15) is 4.79 Å². The van der Waals surface area contributed by atoms with E-state index in [4.69, 9.17) is 4.74 Å². The first-order valence-corrected chi connectivity index (χ1v) is 7.06. The molecule has 0 radical (unpaired) electrons. The van der Waals surface area contributed by atoms with E-state index in [-0.39, 0.29) is 6.09 Å². The first kappa shape index (κ1) is 13.4. The second-order valence-corrected chi connectivity index (χ2v) is 5.00. The van der Waals surface area contributed by atoms with Gasteiger partial charge in [-0.15, -0.1) is 0 Å². The largest absolute Gasteiger partial charge is 0.444 e. The van der Waals surface area contributed by atoms with Crippen molar-refractivity contribution in [3.63, 3.8) is 0 Å². The number of hydrogen-bond acceptors (Lipinski definition) is 2. The Morgan fingerprint density at radius 3 is 2.38 bits per heavy atom. The van der Waals surface area contributed by atoms with Gasteiger partial charge >= 0.3 is 6.09 Å². The summed E-state index contributed by atoms with van der Waals surface area (Å²) >= 11 is 0. The number of rotatable bonds is 3. The number of carbonyl (C=O) groups is 1. The zero-order valence-electron chi connectivity index (χ0n) is 11.7. The van der Waals surface area contributed by atoms with Crippen LogP contribution in [-0.2, 0) is 11.3 Å². The molecule has 0 N–H and O–H groups in total. The first-order chi connectivity index (χ1) is 10.3. The fourth-order valence-corrected chi connectivity index (χ4v) is 2.38. The van der Waals surface area contributed by atoms with Crippen molar-refractivity contribution in [2.45, 2.75) is 13.0 Å². The van der Waals surface area contributed by atoms with Gasteiger partial charge in [0.2, 0.25) is 0 Å².